The standard InChI is InChI=1S/C17H23FN2O/c1-12(19)13-6-10-20(11-7-13)16(21)17(8-9-17)14-2-4-15(18)5-3-14/h2-5,12-13H,6-11,19H2,1H3. The van der Waals surface area contributed by atoms with Gasteiger partial charge in [0.25, 0.3) is 0 Å². The van der Waals surface area contributed by atoms with Gasteiger partial charge in [-0.3, -0.25) is 4.79 Å². The van der Waals surface area contributed by atoms with Crippen molar-refractivity contribution in [2.24, 2.45) is 11.7 Å². The van der Waals surface area contributed by atoms with Crippen molar-refractivity contribution in [1.29, 1.82) is 0 Å². The van der Waals surface area contributed by atoms with E-state index in [4.69, 9.17) is 5.73 Å². The summed E-state index contributed by atoms with van der Waals surface area (Å²) >= 11 is 0. The Morgan fingerprint density at radius 3 is 2.33 bits per heavy atom. The summed E-state index contributed by atoms with van der Waals surface area (Å²) in [5, 5.41) is 0. The van der Waals surface area contributed by atoms with Gasteiger partial charge >= 0.3 is 0 Å². The third kappa shape index (κ3) is 2.69. The van der Waals surface area contributed by atoms with Crippen LogP contribution in [-0.4, -0.2) is 29.9 Å². The van der Waals surface area contributed by atoms with Gasteiger partial charge in [-0.1, -0.05) is 12.1 Å². The predicted molar refractivity (Wildman–Crippen MR) is 80.3 cm³/mol. The Balaban J connectivity index is 1.70. The summed E-state index contributed by atoms with van der Waals surface area (Å²) in [6.45, 7) is 3.64. The lowest BCUT2D eigenvalue weighted by atomic mass is 9.88. The van der Waals surface area contributed by atoms with E-state index in [1.165, 1.54) is 12.1 Å². The first-order chi connectivity index (χ1) is 10.0. The summed E-state index contributed by atoms with van der Waals surface area (Å²) in [6, 6.07) is 6.62. The van der Waals surface area contributed by atoms with Crippen molar-refractivity contribution in [2.45, 2.75) is 44.1 Å². The van der Waals surface area contributed by atoms with Crippen molar-refractivity contribution in [3.8, 4) is 0 Å². The normalized spacial score (nSPS) is 22.9. The molecule has 0 bridgehead atoms. The molecule has 1 heterocycles. The van der Waals surface area contributed by atoms with Crippen molar-refractivity contribution in [2.75, 3.05) is 13.1 Å². The van der Waals surface area contributed by atoms with Crippen molar-refractivity contribution in [1.82, 2.24) is 4.90 Å². The predicted octanol–water partition coefficient (Wildman–Crippen LogP) is 2.44. The van der Waals surface area contributed by atoms with Crippen molar-refractivity contribution < 1.29 is 9.18 Å². The fourth-order valence-electron chi connectivity index (χ4n) is 3.45. The van der Waals surface area contributed by atoms with Crippen LogP contribution in [0.15, 0.2) is 24.3 Å². The maximum Gasteiger partial charge on any atom is 0.233 e. The summed E-state index contributed by atoms with van der Waals surface area (Å²) in [6.07, 6.45) is 3.74. The molecule has 1 aliphatic carbocycles. The summed E-state index contributed by atoms with van der Waals surface area (Å²) in [5.74, 6) is 0.493. The molecule has 2 aliphatic rings. The maximum absolute atomic E-state index is 13.1. The van der Waals surface area contributed by atoms with E-state index in [2.05, 4.69) is 0 Å². The number of nitrogens with zero attached hydrogens (tertiary/aromatic N) is 1. The van der Waals surface area contributed by atoms with Gasteiger partial charge in [0.2, 0.25) is 5.91 Å². The lowest BCUT2D eigenvalue weighted by molar-refractivity contribution is -0.135. The van der Waals surface area contributed by atoms with E-state index in [0.717, 1.165) is 44.3 Å². The van der Waals surface area contributed by atoms with E-state index in [-0.39, 0.29) is 23.2 Å². The molecule has 1 aromatic carbocycles. The molecule has 0 aromatic heterocycles. The number of carbonyl (C=O) groups is 1. The van der Waals surface area contributed by atoms with Gasteiger partial charge in [-0.2, -0.15) is 0 Å². The first kappa shape index (κ1) is 14.5. The first-order valence-corrected chi connectivity index (χ1v) is 7.84. The van der Waals surface area contributed by atoms with E-state index in [1.54, 1.807) is 12.1 Å². The molecule has 1 amide bonds. The van der Waals surface area contributed by atoms with Crippen LogP contribution >= 0.6 is 0 Å². The van der Waals surface area contributed by atoms with Gasteiger partial charge in [-0.15, -0.1) is 0 Å². The summed E-state index contributed by atoms with van der Waals surface area (Å²) in [5.41, 5.74) is 6.53. The van der Waals surface area contributed by atoms with Crippen LogP contribution in [0.1, 0.15) is 38.2 Å². The molecule has 0 radical (unpaired) electrons. The van der Waals surface area contributed by atoms with Gasteiger partial charge in [0.05, 0.1) is 5.41 Å². The van der Waals surface area contributed by atoms with Gasteiger partial charge in [0.15, 0.2) is 0 Å². The summed E-state index contributed by atoms with van der Waals surface area (Å²) in [4.78, 5) is 14.8. The molecule has 4 heteroatoms. The minimum absolute atomic E-state index is 0.203. The number of nitrogens with two attached hydrogens (primary N) is 1. The van der Waals surface area contributed by atoms with Crippen LogP contribution < -0.4 is 5.73 Å². The molecule has 1 saturated carbocycles. The molecule has 1 saturated heterocycles. The van der Waals surface area contributed by atoms with E-state index in [0.29, 0.717) is 5.92 Å². The molecule has 21 heavy (non-hydrogen) atoms. The molecule has 2 N–H and O–H groups in total. The van der Waals surface area contributed by atoms with Gasteiger partial charge < -0.3 is 10.6 Å². The maximum atomic E-state index is 13.1. The van der Waals surface area contributed by atoms with Gasteiger partial charge in [-0.05, 0) is 56.2 Å². The Morgan fingerprint density at radius 1 is 1.29 bits per heavy atom. The zero-order valence-electron chi connectivity index (χ0n) is 12.5. The number of likely N-dealkylation sites (tertiary alicyclic amines) is 1. The van der Waals surface area contributed by atoms with Gasteiger partial charge in [0.1, 0.15) is 5.82 Å². The van der Waals surface area contributed by atoms with Crippen LogP contribution in [0, 0.1) is 11.7 Å². The Hall–Kier alpha value is -1.42. The zero-order chi connectivity index (χ0) is 15.0. The SMILES string of the molecule is CC(N)C1CCN(C(=O)C2(c3ccc(F)cc3)CC2)CC1. The monoisotopic (exact) mass is 290 g/mol. The van der Waals surface area contributed by atoms with E-state index >= 15 is 0 Å². The van der Waals surface area contributed by atoms with E-state index in [9.17, 15) is 9.18 Å². The smallest absolute Gasteiger partial charge is 0.233 e. The average molecular weight is 290 g/mol. The van der Waals surface area contributed by atoms with Crippen LogP contribution in [-0.2, 0) is 10.2 Å². The Morgan fingerprint density at radius 2 is 1.86 bits per heavy atom. The lowest BCUT2D eigenvalue weighted by Crippen LogP contribution is -2.46. The molecule has 1 aromatic rings. The first-order valence-electron chi connectivity index (χ1n) is 7.84. The van der Waals surface area contributed by atoms with E-state index in [1.807, 2.05) is 11.8 Å². The topological polar surface area (TPSA) is 46.3 Å². The number of hydrogen-bond donors (Lipinski definition) is 1. The molecular weight excluding hydrogens is 267 g/mol. The number of rotatable bonds is 3. The highest BCUT2D eigenvalue weighted by atomic mass is 19.1. The highest BCUT2D eigenvalue weighted by Crippen LogP contribution is 2.50. The Labute approximate surface area is 125 Å². The van der Waals surface area contributed by atoms with Crippen molar-refractivity contribution >= 4 is 5.91 Å². The minimum Gasteiger partial charge on any atom is -0.342 e. The number of carbonyl (C=O) groups excluding carboxylic acids is 1. The molecule has 1 atom stereocenters. The second kappa shape index (κ2) is 5.41. The van der Waals surface area contributed by atoms with Gasteiger partial charge in [-0.25, -0.2) is 4.39 Å². The average Bonchev–Trinajstić information content (AvgIpc) is 3.29. The number of hydrogen-bond acceptors (Lipinski definition) is 2. The second-order valence-electron chi connectivity index (χ2n) is 6.58. The quantitative estimate of drug-likeness (QED) is 0.929. The number of amides is 1. The zero-order valence-corrected chi connectivity index (χ0v) is 12.5. The van der Waals surface area contributed by atoms with Crippen molar-refractivity contribution in [3.05, 3.63) is 35.6 Å². The third-order valence-electron chi connectivity index (χ3n) is 5.13. The molecule has 3 rings (SSSR count). The molecule has 3 nitrogen and oxygen atoms in total. The highest BCUT2D eigenvalue weighted by molar-refractivity contribution is 5.91. The fourth-order valence-corrected chi connectivity index (χ4v) is 3.45. The van der Waals surface area contributed by atoms with Crippen LogP contribution in [0.5, 0.6) is 0 Å². The number of halogens is 1. The highest BCUT2D eigenvalue weighted by Gasteiger charge is 2.53. The summed E-state index contributed by atoms with van der Waals surface area (Å²) in [7, 11) is 0. The minimum atomic E-state index is -0.380. The lowest BCUT2D eigenvalue weighted by Gasteiger charge is -2.36. The molecule has 0 spiro atoms. The van der Waals surface area contributed by atoms with Crippen LogP contribution in [0.3, 0.4) is 0 Å². The Bertz CT molecular complexity index is 514. The van der Waals surface area contributed by atoms with Crippen LogP contribution in [0.4, 0.5) is 4.39 Å². The van der Waals surface area contributed by atoms with E-state index < -0.39 is 0 Å². The summed E-state index contributed by atoms with van der Waals surface area (Å²) < 4.78 is 13.1. The number of piperidine rings is 1. The second-order valence-corrected chi connectivity index (χ2v) is 6.58. The Kier molecular flexibility index (Phi) is 3.74. The molecule has 1 unspecified atom stereocenters. The molecule has 2 fully saturated rings. The van der Waals surface area contributed by atoms with Crippen LogP contribution in [0.25, 0.3) is 0 Å². The molecule has 1 aliphatic heterocycles. The van der Waals surface area contributed by atoms with Crippen LogP contribution in [0.2, 0.25) is 0 Å². The largest absolute Gasteiger partial charge is 0.342 e. The number of benzene rings is 1. The fraction of sp³-hybridized carbons (Fsp3) is 0.588. The van der Waals surface area contributed by atoms with Crippen molar-refractivity contribution in [3.63, 3.8) is 0 Å². The van der Waals surface area contributed by atoms with Gasteiger partial charge in [0, 0.05) is 19.1 Å². The molecule has 114 valence electrons. The molecular formula is C17H23FN2O. The third-order valence-corrected chi connectivity index (χ3v) is 5.13.